The van der Waals surface area contributed by atoms with Crippen LogP contribution >= 0.6 is 0 Å². The molecule has 1 unspecified atom stereocenters. The number of nitrogens with zero attached hydrogens (tertiary/aromatic N) is 1. The number of amides is 1. The maximum atomic E-state index is 11.7. The Morgan fingerprint density at radius 1 is 1.50 bits per heavy atom. The molecule has 1 atom stereocenters. The fraction of sp³-hybridized carbons (Fsp3) is 0.286. The molecule has 0 aliphatic heterocycles. The Bertz CT molecular complexity index is 595. The van der Waals surface area contributed by atoms with E-state index in [-0.39, 0.29) is 5.91 Å². The van der Waals surface area contributed by atoms with E-state index in [1.807, 2.05) is 37.3 Å². The number of carbonyl (C=O) groups is 1. The smallest absolute Gasteiger partial charge is 0.237 e. The summed E-state index contributed by atoms with van der Waals surface area (Å²) in [7, 11) is 0. The van der Waals surface area contributed by atoms with Gasteiger partial charge in [-0.2, -0.15) is 5.26 Å². The van der Waals surface area contributed by atoms with E-state index < -0.39 is 5.92 Å². The Labute approximate surface area is 105 Å². The lowest BCUT2D eigenvalue weighted by Gasteiger charge is -2.06. The molecular weight excluding hydrogens is 228 g/mol. The molecule has 1 amide bonds. The van der Waals surface area contributed by atoms with Gasteiger partial charge in [-0.3, -0.25) is 4.79 Å². The molecule has 1 N–H and O–H groups in total. The zero-order valence-electron chi connectivity index (χ0n) is 10.1. The first-order valence-corrected chi connectivity index (χ1v) is 5.88. The Hall–Kier alpha value is -2.28. The summed E-state index contributed by atoms with van der Waals surface area (Å²) in [5, 5.41) is 12.5. The molecule has 0 aliphatic rings. The van der Waals surface area contributed by atoms with Crippen LogP contribution in [0.5, 0.6) is 0 Å². The van der Waals surface area contributed by atoms with Gasteiger partial charge in [-0.05, 0) is 12.5 Å². The summed E-state index contributed by atoms with van der Waals surface area (Å²) in [5.41, 5.74) is 1.72. The van der Waals surface area contributed by atoms with Crippen LogP contribution in [0.2, 0.25) is 0 Å². The van der Waals surface area contributed by atoms with Gasteiger partial charge >= 0.3 is 0 Å². The second-order valence-corrected chi connectivity index (χ2v) is 4.06. The molecule has 0 fully saturated rings. The van der Waals surface area contributed by atoms with Crippen molar-refractivity contribution in [3.8, 4) is 6.07 Å². The van der Waals surface area contributed by atoms with Gasteiger partial charge in [0, 0.05) is 17.5 Å². The van der Waals surface area contributed by atoms with Crippen molar-refractivity contribution in [2.75, 3.05) is 0 Å². The van der Waals surface area contributed by atoms with Gasteiger partial charge in [-0.25, -0.2) is 0 Å². The first kappa shape index (κ1) is 12.2. The summed E-state index contributed by atoms with van der Waals surface area (Å²) < 4.78 is 5.38. The monoisotopic (exact) mass is 242 g/mol. The predicted molar refractivity (Wildman–Crippen MR) is 67.5 cm³/mol. The van der Waals surface area contributed by atoms with E-state index in [1.165, 1.54) is 0 Å². The number of nitriles is 1. The molecule has 0 saturated carbocycles. The number of para-hydroxylation sites is 1. The summed E-state index contributed by atoms with van der Waals surface area (Å²) in [6.07, 6.45) is 2.16. The minimum atomic E-state index is -0.580. The lowest BCUT2D eigenvalue weighted by Crippen LogP contribution is -2.29. The summed E-state index contributed by atoms with van der Waals surface area (Å²) >= 11 is 0. The third-order valence-corrected chi connectivity index (χ3v) is 2.89. The third kappa shape index (κ3) is 2.35. The summed E-state index contributed by atoms with van der Waals surface area (Å²) in [5.74, 6) is -0.812. The number of nitrogens with one attached hydrogen (secondary N) is 1. The normalized spacial score (nSPS) is 12.0. The third-order valence-electron chi connectivity index (χ3n) is 2.89. The van der Waals surface area contributed by atoms with Gasteiger partial charge in [0.2, 0.25) is 5.91 Å². The van der Waals surface area contributed by atoms with E-state index in [9.17, 15) is 4.79 Å². The minimum absolute atomic E-state index is 0.231. The summed E-state index contributed by atoms with van der Waals surface area (Å²) in [4.78, 5) is 11.7. The van der Waals surface area contributed by atoms with Crippen LogP contribution in [0.3, 0.4) is 0 Å². The maximum Gasteiger partial charge on any atom is 0.237 e. The average molecular weight is 242 g/mol. The van der Waals surface area contributed by atoms with E-state index in [2.05, 4.69) is 5.32 Å². The topological polar surface area (TPSA) is 66.0 Å². The van der Waals surface area contributed by atoms with Crippen LogP contribution in [0, 0.1) is 17.2 Å². The van der Waals surface area contributed by atoms with Crippen LogP contribution in [0.15, 0.2) is 34.9 Å². The van der Waals surface area contributed by atoms with Gasteiger partial charge in [0.15, 0.2) is 0 Å². The molecule has 1 heterocycles. The maximum absolute atomic E-state index is 11.7. The highest BCUT2D eigenvalue weighted by Crippen LogP contribution is 2.20. The van der Waals surface area contributed by atoms with Crippen LogP contribution in [-0.4, -0.2) is 5.91 Å². The Balaban J connectivity index is 2.07. The van der Waals surface area contributed by atoms with E-state index in [4.69, 9.17) is 9.68 Å². The molecule has 18 heavy (non-hydrogen) atoms. The van der Waals surface area contributed by atoms with Gasteiger partial charge in [0.1, 0.15) is 11.5 Å². The van der Waals surface area contributed by atoms with Crippen molar-refractivity contribution in [3.05, 3.63) is 36.1 Å². The standard InChI is InChI=1S/C14H14N2O2/c1-2-10(7-15)14(17)16-8-11-9-18-13-6-4-3-5-12(11)13/h3-6,9-10H,2,8H2,1H3,(H,16,17). The van der Waals surface area contributed by atoms with Crippen molar-refractivity contribution in [3.63, 3.8) is 0 Å². The van der Waals surface area contributed by atoms with Gasteiger partial charge in [0.25, 0.3) is 0 Å². The molecule has 1 aromatic heterocycles. The Morgan fingerprint density at radius 3 is 3.00 bits per heavy atom. The minimum Gasteiger partial charge on any atom is -0.464 e. The van der Waals surface area contributed by atoms with E-state index in [0.29, 0.717) is 13.0 Å². The Morgan fingerprint density at radius 2 is 2.28 bits per heavy atom. The number of hydrogen-bond acceptors (Lipinski definition) is 3. The molecule has 0 radical (unpaired) electrons. The van der Waals surface area contributed by atoms with Crippen molar-refractivity contribution < 1.29 is 9.21 Å². The molecule has 0 aliphatic carbocycles. The number of carbonyl (C=O) groups excluding carboxylic acids is 1. The van der Waals surface area contributed by atoms with Crippen molar-refractivity contribution in [1.29, 1.82) is 5.26 Å². The molecule has 0 bridgehead atoms. The number of furan rings is 1. The van der Waals surface area contributed by atoms with Crippen LogP contribution in [0.4, 0.5) is 0 Å². The molecular formula is C14H14N2O2. The first-order valence-electron chi connectivity index (χ1n) is 5.88. The van der Waals surface area contributed by atoms with Crippen molar-refractivity contribution in [2.45, 2.75) is 19.9 Å². The predicted octanol–water partition coefficient (Wildman–Crippen LogP) is 2.60. The lowest BCUT2D eigenvalue weighted by atomic mass is 10.1. The highest BCUT2D eigenvalue weighted by Gasteiger charge is 2.15. The second kappa shape index (κ2) is 5.37. The molecule has 2 aromatic rings. The average Bonchev–Trinajstić information content (AvgIpc) is 2.81. The molecule has 0 saturated heterocycles. The van der Waals surface area contributed by atoms with E-state index in [0.717, 1.165) is 16.5 Å². The number of rotatable bonds is 4. The first-order chi connectivity index (χ1) is 8.76. The molecule has 2 rings (SSSR count). The number of benzene rings is 1. The van der Waals surface area contributed by atoms with Crippen LogP contribution < -0.4 is 5.32 Å². The molecule has 1 aromatic carbocycles. The van der Waals surface area contributed by atoms with Crippen LogP contribution in [0.25, 0.3) is 11.0 Å². The largest absolute Gasteiger partial charge is 0.464 e. The number of fused-ring (bicyclic) bond motifs is 1. The summed E-state index contributed by atoms with van der Waals surface area (Å²) in [6, 6.07) is 9.63. The number of hydrogen-bond donors (Lipinski definition) is 1. The van der Waals surface area contributed by atoms with Gasteiger partial charge in [-0.1, -0.05) is 25.1 Å². The van der Waals surface area contributed by atoms with Crippen molar-refractivity contribution >= 4 is 16.9 Å². The zero-order chi connectivity index (χ0) is 13.0. The van der Waals surface area contributed by atoms with Gasteiger partial charge in [-0.15, -0.1) is 0 Å². The Kier molecular flexibility index (Phi) is 3.63. The van der Waals surface area contributed by atoms with Gasteiger partial charge in [0.05, 0.1) is 12.3 Å². The molecule has 4 heteroatoms. The highest BCUT2D eigenvalue weighted by atomic mass is 16.3. The molecule has 92 valence electrons. The lowest BCUT2D eigenvalue weighted by molar-refractivity contribution is -0.123. The van der Waals surface area contributed by atoms with Gasteiger partial charge < -0.3 is 9.73 Å². The van der Waals surface area contributed by atoms with Crippen LogP contribution in [-0.2, 0) is 11.3 Å². The highest BCUT2D eigenvalue weighted by molar-refractivity contribution is 5.83. The fourth-order valence-electron chi connectivity index (χ4n) is 1.81. The fourth-order valence-corrected chi connectivity index (χ4v) is 1.81. The zero-order valence-corrected chi connectivity index (χ0v) is 10.1. The van der Waals surface area contributed by atoms with E-state index >= 15 is 0 Å². The van der Waals surface area contributed by atoms with Crippen LogP contribution in [0.1, 0.15) is 18.9 Å². The molecule has 4 nitrogen and oxygen atoms in total. The quantitative estimate of drug-likeness (QED) is 0.896. The van der Waals surface area contributed by atoms with Crippen molar-refractivity contribution in [2.24, 2.45) is 5.92 Å². The second-order valence-electron chi connectivity index (χ2n) is 4.06. The van der Waals surface area contributed by atoms with E-state index in [1.54, 1.807) is 6.26 Å². The SMILES string of the molecule is CCC(C#N)C(=O)NCc1coc2ccccc12. The molecule has 0 spiro atoms. The van der Waals surface area contributed by atoms with Crippen molar-refractivity contribution in [1.82, 2.24) is 5.32 Å². The summed E-state index contributed by atoms with van der Waals surface area (Å²) in [6.45, 7) is 2.20.